The van der Waals surface area contributed by atoms with Gasteiger partial charge in [0.05, 0.1) is 6.61 Å². The van der Waals surface area contributed by atoms with Gasteiger partial charge >= 0.3 is 0 Å². The molecule has 19 heavy (non-hydrogen) atoms. The zero-order valence-corrected chi connectivity index (χ0v) is 10.6. The standard InChI is InChI=1S/C12H15ClO6/c13-6-1-3-7(4-2-6)18-12-11(17)10(16)9(15)8(5-14)19-12/h1-4,8-12,14-17H,5H2/t8?,9-,10-,11?,12-/m1/s1. The second-order valence-corrected chi connectivity index (χ2v) is 4.71. The lowest BCUT2D eigenvalue weighted by molar-refractivity contribution is -0.277. The van der Waals surface area contributed by atoms with Crippen LogP contribution in [0.4, 0.5) is 0 Å². The molecule has 1 saturated heterocycles. The van der Waals surface area contributed by atoms with Crippen LogP contribution in [-0.4, -0.2) is 57.7 Å². The van der Waals surface area contributed by atoms with Crippen molar-refractivity contribution in [3.63, 3.8) is 0 Å². The summed E-state index contributed by atoms with van der Waals surface area (Å²) in [4.78, 5) is 0. The largest absolute Gasteiger partial charge is 0.462 e. The minimum Gasteiger partial charge on any atom is -0.462 e. The highest BCUT2D eigenvalue weighted by molar-refractivity contribution is 6.30. The van der Waals surface area contributed by atoms with Gasteiger partial charge in [-0.3, -0.25) is 0 Å². The summed E-state index contributed by atoms with van der Waals surface area (Å²) in [6.07, 6.45) is -6.45. The van der Waals surface area contributed by atoms with Crippen LogP contribution >= 0.6 is 11.6 Å². The van der Waals surface area contributed by atoms with Gasteiger partial charge in [0.25, 0.3) is 0 Å². The van der Waals surface area contributed by atoms with Crippen molar-refractivity contribution in [1.29, 1.82) is 0 Å². The fourth-order valence-electron chi connectivity index (χ4n) is 1.81. The number of benzene rings is 1. The monoisotopic (exact) mass is 290 g/mol. The maximum absolute atomic E-state index is 9.77. The van der Waals surface area contributed by atoms with Gasteiger partial charge in [0.2, 0.25) is 6.29 Å². The topological polar surface area (TPSA) is 99.4 Å². The van der Waals surface area contributed by atoms with E-state index >= 15 is 0 Å². The summed E-state index contributed by atoms with van der Waals surface area (Å²) in [5.74, 6) is 0.383. The fraction of sp³-hybridized carbons (Fsp3) is 0.500. The Labute approximate surface area is 114 Å². The van der Waals surface area contributed by atoms with Crippen LogP contribution in [0.5, 0.6) is 5.75 Å². The lowest BCUT2D eigenvalue weighted by Gasteiger charge is -2.39. The molecule has 1 aliphatic rings. The maximum atomic E-state index is 9.77. The van der Waals surface area contributed by atoms with E-state index in [9.17, 15) is 15.3 Å². The molecule has 7 heteroatoms. The van der Waals surface area contributed by atoms with Crippen LogP contribution < -0.4 is 4.74 Å². The molecule has 0 spiro atoms. The fourth-order valence-corrected chi connectivity index (χ4v) is 1.94. The van der Waals surface area contributed by atoms with E-state index in [1.54, 1.807) is 24.3 Å². The molecular formula is C12H15ClO6. The molecule has 0 saturated carbocycles. The first-order chi connectivity index (χ1) is 9.02. The summed E-state index contributed by atoms with van der Waals surface area (Å²) in [5, 5.41) is 38.5. The normalized spacial score (nSPS) is 35.1. The van der Waals surface area contributed by atoms with Crippen molar-refractivity contribution in [1.82, 2.24) is 0 Å². The summed E-state index contributed by atoms with van der Waals surface area (Å²) in [5.41, 5.74) is 0. The highest BCUT2D eigenvalue weighted by Crippen LogP contribution is 2.24. The lowest BCUT2D eigenvalue weighted by atomic mass is 9.99. The van der Waals surface area contributed by atoms with Crippen LogP contribution in [0, 0.1) is 0 Å². The van der Waals surface area contributed by atoms with Crippen LogP contribution in [0.1, 0.15) is 0 Å². The molecule has 0 radical (unpaired) electrons. The maximum Gasteiger partial charge on any atom is 0.229 e. The molecule has 1 aliphatic heterocycles. The van der Waals surface area contributed by atoms with E-state index in [2.05, 4.69) is 0 Å². The molecule has 106 valence electrons. The number of aliphatic hydroxyl groups is 4. The van der Waals surface area contributed by atoms with Crippen molar-refractivity contribution < 1.29 is 29.9 Å². The first-order valence-electron chi connectivity index (χ1n) is 5.75. The number of ether oxygens (including phenoxy) is 2. The molecule has 2 rings (SSSR count). The lowest BCUT2D eigenvalue weighted by Crippen LogP contribution is -2.60. The van der Waals surface area contributed by atoms with Gasteiger partial charge in [-0.05, 0) is 24.3 Å². The van der Waals surface area contributed by atoms with E-state index in [-0.39, 0.29) is 0 Å². The number of rotatable bonds is 3. The number of hydrogen-bond donors (Lipinski definition) is 4. The van der Waals surface area contributed by atoms with Crippen molar-refractivity contribution in [3.8, 4) is 5.75 Å². The minimum atomic E-state index is -1.46. The van der Waals surface area contributed by atoms with Gasteiger partial charge < -0.3 is 29.9 Å². The zero-order valence-electron chi connectivity index (χ0n) is 9.89. The highest BCUT2D eigenvalue weighted by Gasteiger charge is 2.44. The average Bonchev–Trinajstić information content (AvgIpc) is 2.42. The molecule has 1 heterocycles. The van der Waals surface area contributed by atoms with Crippen molar-refractivity contribution >= 4 is 11.6 Å². The van der Waals surface area contributed by atoms with E-state index in [0.717, 1.165) is 0 Å². The van der Waals surface area contributed by atoms with Gasteiger partial charge in [-0.15, -0.1) is 0 Å². The Morgan fingerprint density at radius 2 is 1.68 bits per heavy atom. The molecule has 0 bridgehead atoms. The second kappa shape index (κ2) is 6.04. The molecule has 2 unspecified atom stereocenters. The minimum absolute atomic E-state index is 0.383. The summed E-state index contributed by atoms with van der Waals surface area (Å²) < 4.78 is 10.6. The van der Waals surface area contributed by atoms with Gasteiger partial charge in [0.15, 0.2) is 0 Å². The third-order valence-corrected chi connectivity index (χ3v) is 3.17. The predicted molar refractivity (Wildman–Crippen MR) is 65.8 cm³/mol. The van der Waals surface area contributed by atoms with E-state index < -0.39 is 37.3 Å². The van der Waals surface area contributed by atoms with Gasteiger partial charge in [0.1, 0.15) is 30.2 Å². The van der Waals surface area contributed by atoms with Gasteiger partial charge in [-0.2, -0.15) is 0 Å². The average molecular weight is 291 g/mol. The molecule has 6 nitrogen and oxygen atoms in total. The second-order valence-electron chi connectivity index (χ2n) is 4.27. The summed E-state index contributed by atoms with van der Waals surface area (Å²) in [6, 6.07) is 6.34. The Morgan fingerprint density at radius 1 is 1.05 bits per heavy atom. The van der Waals surface area contributed by atoms with Crippen LogP contribution in [0.3, 0.4) is 0 Å². The Kier molecular flexibility index (Phi) is 4.62. The van der Waals surface area contributed by atoms with Gasteiger partial charge in [-0.1, -0.05) is 11.6 Å². The number of hydrogen-bond acceptors (Lipinski definition) is 6. The van der Waals surface area contributed by atoms with E-state index in [4.69, 9.17) is 26.2 Å². The molecule has 1 aromatic rings. The molecule has 0 aliphatic carbocycles. The van der Waals surface area contributed by atoms with Crippen molar-refractivity contribution in [2.45, 2.75) is 30.7 Å². The Bertz CT molecular complexity index is 409. The SMILES string of the molecule is OCC1O[C@@H](Oc2ccc(Cl)cc2)C(O)[C@H](O)[C@@H]1O. The van der Waals surface area contributed by atoms with E-state index in [1.165, 1.54) is 0 Å². The predicted octanol–water partition coefficient (Wildman–Crippen LogP) is -0.481. The van der Waals surface area contributed by atoms with Crippen LogP contribution in [0.2, 0.25) is 5.02 Å². The number of halogens is 1. The summed E-state index contributed by atoms with van der Waals surface area (Å²) >= 11 is 5.73. The molecular weight excluding hydrogens is 276 g/mol. The molecule has 1 fully saturated rings. The summed E-state index contributed by atoms with van der Waals surface area (Å²) in [7, 11) is 0. The van der Waals surface area contributed by atoms with Crippen molar-refractivity contribution in [2.75, 3.05) is 6.61 Å². The van der Waals surface area contributed by atoms with E-state index in [1.807, 2.05) is 0 Å². The van der Waals surface area contributed by atoms with Crippen LogP contribution in [0.25, 0.3) is 0 Å². The molecule has 4 N–H and O–H groups in total. The van der Waals surface area contributed by atoms with Gasteiger partial charge in [-0.25, -0.2) is 0 Å². The van der Waals surface area contributed by atoms with Crippen molar-refractivity contribution in [2.24, 2.45) is 0 Å². The number of aliphatic hydroxyl groups excluding tert-OH is 4. The Morgan fingerprint density at radius 3 is 2.26 bits per heavy atom. The molecule has 0 amide bonds. The molecule has 0 aromatic heterocycles. The molecule has 5 atom stereocenters. The zero-order chi connectivity index (χ0) is 14.0. The molecule has 1 aromatic carbocycles. The first-order valence-corrected chi connectivity index (χ1v) is 6.13. The third-order valence-electron chi connectivity index (χ3n) is 2.91. The van der Waals surface area contributed by atoms with Crippen molar-refractivity contribution in [3.05, 3.63) is 29.3 Å². The van der Waals surface area contributed by atoms with Crippen LogP contribution in [-0.2, 0) is 4.74 Å². The highest BCUT2D eigenvalue weighted by atomic mass is 35.5. The van der Waals surface area contributed by atoms with Crippen LogP contribution in [0.15, 0.2) is 24.3 Å². The van der Waals surface area contributed by atoms with Gasteiger partial charge in [0, 0.05) is 5.02 Å². The first kappa shape index (κ1) is 14.5. The van der Waals surface area contributed by atoms with E-state index in [0.29, 0.717) is 10.8 Å². The Balaban J connectivity index is 2.08. The third kappa shape index (κ3) is 3.17. The summed E-state index contributed by atoms with van der Waals surface area (Å²) in [6.45, 7) is -0.495. The quantitative estimate of drug-likeness (QED) is 0.600. The smallest absolute Gasteiger partial charge is 0.229 e. The Hall–Kier alpha value is -0.890.